The summed E-state index contributed by atoms with van der Waals surface area (Å²) in [4.78, 5) is 37.8. The number of amides is 3. The zero-order valence-electron chi connectivity index (χ0n) is 16.3. The number of ether oxygens (including phenoxy) is 2. The van der Waals surface area contributed by atoms with Gasteiger partial charge in [0.1, 0.15) is 17.2 Å². The van der Waals surface area contributed by atoms with Crippen LogP contribution in [0.2, 0.25) is 0 Å². The van der Waals surface area contributed by atoms with E-state index in [-0.39, 0.29) is 23.8 Å². The van der Waals surface area contributed by atoms with E-state index < -0.39 is 17.9 Å². The van der Waals surface area contributed by atoms with Crippen LogP contribution >= 0.6 is 0 Å². The number of carbonyl (C=O) groups is 3. The molecule has 4 rings (SSSR count). The van der Waals surface area contributed by atoms with Crippen LogP contribution in [0.5, 0.6) is 5.75 Å². The van der Waals surface area contributed by atoms with Crippen molar-refractivity contribution in [3.63, 3.8) is 0 Å². The van der Waals surface area contributed by atoms with Gasteiger partial charge in [-0.3, -0.25) is 9.69 Å². The number of urea groups is 1. The molecule has 152 valence electrons. The molecule has 2 aromatic carbocycles. The van der Waals surface area contributed by atoms with Gasteiger partial charge in [-0.05, 0) is 35.0 Å². The van der Waals surface area contributed by atoms with E-state index in [0.717, 1.165) is 15.7 Å². The maximum atomic E-state index is 12.9. The molecular formula is C22H18N2O6. The summed E-state index contributed by atoms with van der Waals surface area (Å²) in [5, 5.41) is 4.45. The van der Waals surface area contributed by atoms with Gasteiger partial charge < -0.3 is 19.2 Å². The molecule has 3 aromatic rings. The Labute approximate surface area is 171 Å². The van der Waals surface area contributed by atoms with E-state index in [1.54, 1.807) is 13.2 Å². The van der Waals surface area contributed by atoms with E-state index in [4.69, 9.17) is 9.15 Å². The quantitative estimate of drug-likeness (QED) is 0.397. The molecule has 0 aliphatic carbocycles. The Balaban J connectivity index is 1.65. The van der Waals surface area contributed by atoms with Crippen molar-refractivity contribution >= 4 is 34.8 Å². The number of nitrogens with one attached hydrogen (secondary N) is 1. The highest BCUT2D eigenvalue weighted by molar-refractivity contribution is 6.14. The Morgan fingerprint density at radius 2 is 1.90 bits per heavy atom. The molecule has 2 heterocycles. The first-order valence-electron chi connectivity index (χ1n) is 9.09. The molecule has 1 aliphatic rings. The molecular weight excluding hydrogens is 388 g/mol. The lowest BCUT2D eigenvalue weighted by atomic mass is 10.0. The topological polar surface area (TPSA) is 98.1 Å². The van der Waals surface area contributed by atoms with E-state index in [9.17, 15) is 14.4 Å². The van der Waals surface area contributed by atoms with Crippen molar-refractivity contribution in [3.8, 4) is 5.75 Å². The zero-order chi connectivity index (χ0) is 21.3. The number of imide groups is 1. The van der Waals surface area contributed by atoms with Crippen LogP contribution in [0, 0.1) is 0 Å². The molecule has 1 saturated heterocycles. The number of nitrogens with zero attached hydrogens (tertiary/aromatic N) is 1. The number of methoxy groups -OCH3 is 2. The lowest BCUT2D eigenvalue weighted by Crippen LogP contribution is -2.30. The first-order valence-corrected chi connectivity index (χ1v) is 9.09. The predicted octanol–water partition coefficient (Wildman–Crippen LogP) is 3.32. The molecule has 0 saturated carbocycles. The zero-order valence-corrected chi connectivity index (χ0v) is 16.3. The molecule has 8 heteroatoms. The fourth-order valence-corrected chi connectivity index (χ4v) is 3.29. The number of fused-ring (bicyclic) bond motifs is 1. The molecule has 0 radical (unpaired) electrons. The van der Waals surface area contributed by atoms with Crippen LogP contribution in [-0.4, -0.2) is 37.0 Å². The van der Waals surface area contributed by atoms with Crippen molar-refractivity contribution < 1.29 is 28.3 Å². The number of esters is 1. The van der Waals surface area contributed by atoms with Gasteiger partial charge in [0.15, 0.2) is 0 Å². The van der Waals surface area contributed by atoms with Crippen LogP contribution in [-0.2, 0) is 16.1 Å². The van der Waals surface area contributed by atoms with Crippen LogP contribution in [0.3, 0.4) is 0 Å². The van der Waals surface area contributed by atoms with Crippen molar-refractivity contribution in [1.82, 2.24) is 10.2 Å². The van der Waals surface area contributed by atoms with Crippen LogP contribution in [0.15, 0.2) is 58.6 Å². The van der Waals surface area contributed by atoms with Gasteiger partial charge in [0.05, 0.1) is 20.8 Å². The number of benzene rings is 2. The van der Waals surface area contributed by atoms with Gasteiger partial charge in [-0.2, -0.15) is 0 Å². The third-order valence-electron chi connectivity index (χ3n) is 4.76. The van der Waals surface area contributed by atoms with Gasteiger partial charge in [0.25, 0.3) is 5.91 Å². The largest absolute Gasteiger partial charge is 0.496 e. The molecule has 0 spiro atoms. The Kier molecular flexibility index (Phi) is 4.97. The summed E-state index contributed by atoms with van der Waals surface area (Å²) in [5.41, 5.74) is 0.807. The Bertz CT molecular complexity index is 1190. The highest BCUT2D eigenvalue weighted by Crippen LogP contribution is 2.31. The highest BCUT2D eigenvalue weighted by atomic mass is 16.5. The number of rotatable bonds is 5. The minimum absolute atomic E-state index is 0.00388. The normalized spacial score (nSPS) is 15.0. The van der Waals surface area contributed by atoms with Crippen molar-refractivity contribution in [2.24, 2.45) is 0 Å². The van der Waals surface area contributed by atoms with Gasteiger partial charge >= 0.3 is 12.0 Å². The Hall–Kier alpha value is -4.07. The second-order valence-corrected chi connectivity index (χ2v) is 6.54. The minimum Gasteiger partial charge on any atom is -0.496 e. The number of carbonyl (C=O) groups excluding carboxylic acids is 3. The van der Waals surface area contributed by atoms with Crippen molar-refractivity contribution in [1.29, 1.82) is 0 Å². The smallest absolute Gasteiger partial charge is 0.373 e. The van der Waals surface area contributed by atoms with E-state index in [1.807, 2.05) is 36.4 Å². The Morgan fingerprint density at radius 3 is 2.67 bits per heavy atom. The van der Waals surface area contributed by atoms with Crippen LogP contribution in [0.25, 0.3) is 16.8 Å². The minimum atomic E-state index is -0.637. The number of hydrogen-bond donors (Lipinski definition) is 1. The van der Waals surface area contributed by atoms with Gasteiger partial charge in [-0.25, -0.2) is 9.59 Å². The van der Waals surface area contributed by atoms with E-state index >= 15 is 0 Å². The number of hydrogen-bond acceptors (Lipinski definition) is 6. The summed E-state index contributed by atoms with van der Waals surface area (Å²) in [6, 6.07) is 13.8. The molecule has 8 nitrogen and oxygen atoms in total. The average molecular weight is 406 g/mol. The second kappa shape index (κ2) is 7.75. The van der Waals surface area contributed by atoms with Crippen molar-refractivity contribution in [3.05, 3.63) is 71.3 Å². The summed E-state index contributed by atoms with van der Waals surface area (Å²) in [6.45, 7) is -0.119. The first kappa shape index (κ1) is 19.3. The maximum absolute atomic E-state index is 12.9. The first-order chi connectivity index (χ1) is 14.5. The van der Waals surface area contributed by atoms with Gasteiger partial charge in [-0.1, -0.05) is 30.3 Å². The van der Waals surface area contributed by atoms with E-state index in [0.29, 0.717) is 11.3 Å². The fourth-order valence-electron chi connectivity index (χ4n) is 3.29. The van der Waals surface area contributed by atoms with Crippen LogP contribution in [0.4, 0.5) is 4.79 Å². The maximum Gasteiger partial charge on any atom is 0.373 e. The average Bonchev–Trinajstić information content (AvgIpc) is 3.34. The molecule has 0 bridgehead atoms. The summed E-state index contributed by atoms with van der Waals surface area (Å²) < 4.78 is 15.4. The molecule has 1 N–H and O–H groups in total. The summed E-state index contributed by atoms with van der Waals surface area (Å²) in [5.74, 6) is -0.290. The molecule has 1 fully saturated rings. The third kappa shape index (κ3) is 3.39. The van der Waals surface area contributed by atoms with Gasteiger partial charge in [0, 0.05) is 5.56 Å². The molecule has 3 amide bonds. The monoisotopic (exact) mass is 406 g/mol. The fraction of sp³-hybridized carbons (Fsp3) is 0.136. The SMILES string of the molecule is COC(=O)c1ccc(CN2C(=O)NC(=Cc3c(OC)ccc4ccccc34)C2=O)o1. The lowest BCUT2D eigenvalue weighted by molar-refractivity contribution is -0.123. The predicted molar refractivity (Wildman–Crippen MR) is 108 cm³/mol. The van der Waals surface area contributed by atoms with E-state index in [2.05, 4.69) is 10.1 Å². The van der Waals surface area contributed by atoms with Gasteiger partial charge in [-0.15, -0.1) is 0 Å². The van der Waals surface area contributed by atoms with Gasteiger partial charge in [0.2, 0.25) is 5.76 Å². The van der Waals surface area contributed by atoms with E-state index in [1.165, 1.54) is 19.2 Å². The summed E-state index contributed by atoms with van der Waals surface area (Å²) in [7, 11) is 2.78. The highest BCUT2D eigenvalue weighted by Gasteiger charge is 2.34. The molecule has 0 atom stereocenters. The van der Waals surface area contributed by atoms with Crippen LogP contribution in [0.1, 0.15) is 21.9 Å². The summed E-state index contributed by atoms with van der Waals surface area (Å²) >= 11 is 0. The summed E-state index contributed by atoms with van der Waals surface area (Å²) in [6.07, 6.45) is 1.60. The lowest BCUT2D eigenvalue weighted by Gasteiger charge is -2.10. The number of furan rings is 1. The molecule has 0 unspecified atom stereocenters. The van der Waals surface area contributed by atoms with Crippen LogP contribution < -0.4 is 10.1 Å². The standard InChI is InChI=1S/C22H18N2O6/c1-28-18-9-7-13-5-3-4-6-15(13)16(18)11-17-20(25)24(22(27)23-17)12-14-8-10-19(30-14)21(26)29-2/h3-11H,12H2,1-2H3,(H,23,27). The second-order valence-electron chi connectivity index (χ2n) is 6.54. The molecule has 30 heavy (non-hydrogen) atoms. The van der Waals surface area contributed by atoms with Crippen molar-refractivity contribution in [2.75, 3.05) is 14.2 Å². The third-order valence-corrected chi connectivity index (χ3v) is 4.76. The van der Waals surface area contributed by atoms with Crippen molar-refractivity contribution in [2.45, 2.75) is 6.54 Å². The Morgan fingerprint density at radius 1 is 1.10 bits per heavy atom. The molecule has 1 aromatic heterocycles. The molecule has 1 aliphatic heterocycles.